The Morgan fingerprint density at radius 1 is 0.854 bits per heavy atom. The summed E-state index contributed by atoms with van der Waals surface area (Å²) in [6.07, 6.45) is -2.13. The van der Waals surface area contributed by atoms with E-state index in [0.29, 0.717) is 38.5 Å². The van der Waals surface area contributed by atoms with Gasteiger partial charge in [0.15, 0.2) is 0 Å². The van der Waals surface area contributed by atoms with Gasteiger partial charge in [0, 0.05) is 30.5 Å². The molecule has 0 spiro atoms. The van der Waals surface area contributed by atoms with Gasteiger partial charge >= 0.3 is 5.97 Å². The van der Waals surface area contributed by atoms with Gasteiger partial charge in [-0.2, -0.15) is 0 Å². The highest BCUT2D eigenvalue weighted by atomic mass is 16.7. The fraction of sp³-hybridized carbons (Fsp3) is 0.919. The molecule has 11 heteroatoms. The summed E-state index contributed by atoms with van der Waals surface area (Å²) in [6.45, 7) is 12.0. The summed E-state index contributed by atoms with van der Waals surface area (Å²) in [6, 6.07) is 0. The minimum Gasteiger partial charge on any atom is -0.432 e. The number of carbonyl (C=O) groups is 1. The molecule has 1 aliphatic heterocycles. The number of hydrogen-bond acceptors (Lipinski definition) is 11. The van der Waals surface area contributed by atoms with Crippen LogP contribution in [-0.4, -0.2) is 110 Å². The maximum atomic E-state index is 14.5. The minimum atomic E-state index is -1.72. The van der Waals surface area contributed by atoms with Crippen LogP contribution in [0.1, 0.15) is 92.9 Å². The lowest BCUT2D eigenvalue weighted by molar-refractivity contribution is -0.298. The molecule has 0 bridgehead atoms. The SMILES string of the molecule is CC1(C)CC[C@]2(C(=O)O[C@@H]3O[C@H](CO)[C@@H](O)[C@H](O)[C@H]3O)CC[C@]3(C)C(=CC[C@H]4[C@@]5(C)C[C@@H](O)[C@@H](CO)[C@@](C)(CO)[C@@H]5CC[C@]43C)[C@H]2[C@@H]1O. The summed E-state index contributed by atoms with van der Waals surface area (Å²) in [5, 5.41) is 85.7. The smallest absolute Gasteiger partial charge is 0.315 e. The number of allylic oxidation sites excluding steroid dienone is 1. The number of ether oxygens (including phenoxy) is 2. The molecule has 16 atom stereocenters. The lowest BCUT2D eigenvalue weighted by Gasteiger charge is -2.72. The van der Waals surface area contributed by atoms with Crippen LogP contribution in [0.5, 0.6) is 0 Å². The van der Waals surface area contributed by atoms with Gasteiger partial charge in [-0.3, -0.25) is 4.79 Å². The minimum absolute atomic E-state index is 0.0996. The Kier molecular flexibility index (Phi) is 9.12. The van der Waals surface area contributed by atoms with E-state index >= 15 is 0 Å². The first-order valence-corrected chi connectivity index (χ1v) is 18.1. The number of aliphatic hydroxyl groups excluding tert-OH is 8. The third kappa shape index (κ3) is 4.74. The second-order valence-corrected chi connectivity index (χ2v) is 18.2. The van der Waals surface area contributed by atoms with Gasteiger partial charge in [-0.1, -0.05) is 53.2 Å². The lowest BCUT2D eigenvalue weighted by Crippen LogP contribution is -2.68. The predicted molar refractivity (Wildman–Crippen MR) is 174 cm³/mol. The van der Waals surface area contributed by atoms with E-state index in [1.165, 1.54) is 0 Å². The molecular weight excluding hydrogens is 620 g/mol. The number of rotatable bonds is 5. The molecule has 4 saturated carbocycles. The molecule has 5 aliphatic carbocycles. The summed E-state index contributed by atoms with van der Waals surface area (Å²) in [7, 11) is 0. The van der Waals surface area contributed by atoms with Crippen molar-refractivity contribution in [2.24, 2.45) is 56.2 Å². The topological polar surface area (TPSA) is 197 Å². The molecule has 48 heavy (non-hydrogen) atoms. The zero-order valence-electron chi connectivity index (χ0n) is 29.5. The standard InChI is InChI=1S/C37H60O11/c1-32(2)11-13-37(31(46)48-30-28(44)27(43)26(42)22(17-39)47-30)14-12-35(5)19(25(37)29(32)45)7-8-24-33(3)15-21(41)20(16-38)34(4,18-40)23(33)9-10-36(24,35)6/h7,20-30,38-45H,8-18H2,1-6H3/t20-,21-,22-,23-,24+,25+,26-,27+,28-,29+,30+,33+,34-,35-,36-,37+/m1/s1. The molecule has 0 amide bonds. The van der Waals surface area contributed by atoms with Crippen molar-refractivity contribution in [1.82, 2.24) is 0 Å². The highest BCUT2D eigenvalue weighted by Crippen LogP contribution is 2.76. The van der Waals surface area contributed by atoms with E-state index < -0.39 is 89.0 Å². The van der Waals surface area contributed by atoms with Crippen molar-refractivity contribution in [3.63, 3.8) is 0 Å². The quantitative estimate of drug-likeness (QED) is 0.155. The molecule has 0 aromatic carbocycles. The Hall–Kier alpha value is -1.15. The molecule has 8 N–H and O–H groups in total. The summed E-state index contributed by atoms with van der Waals surface area (Å²) in [5.41, 5.74) is -2.16. The van der Waals surface area contributed by atoms with Crippen LogP contribution in [0.15, 0.2) is 11.6 Å². The zero-order chi connectivity index (χ0) is 35.4. The first-order chi connectivity index (χ1) is 22.3. The molecule has 1 heterocycles. The number of aliphatic hydroxyl groups is 8. The van der Waals surface area contributed by atoms with Crippen LogP contribution in [0.4, 0.5) is 0 Å². The highest BCUT2D eigenvalue weighted by molar-refractivity contribution is 5.79. The molecule has 0 aromatic rings. The second kappa shape index (κ2) is 12.0. The summed E-state index contributed by atoms with van der Waals surface area (Å²) in [5.74, 6) is -1.34. The number of carbonyl (C=O) groups excluding carboxylic acids is 1. The predicted octanol–water partition coefficient (Wildman–Crippen LogP) is 1.65. The van der Waals surface area contributed by atoms with E-state index in [0.717, 1.165) is 18.4 Å². The van der Waals surface area contributed by atoms with Crippen molar-refractivity contribution >= 4 is 5.97 Å². The molecular formula is C37H60O11. The van der Waals surface area contributed by atoms with Crippen LogP contribution in [0.3, 0.4) is 0 Å². The van der Waals surface area contributed by atoms with Gasteiger partial charge < -0.3 is 50.3 Å². The summed E-state index contributed by atoms with van der Waals surface area (Å²) in [4.78, 5) is 14.5. The van der Waals surface area contributed by atoms with Gasteiger partial charge in [0.1, 0.15) is 24.4 Å². The van der Waals surface area contributed by atoms with Crippen LogP contribution >= 0.6 is 0 Å². The molecule has 1 saturated heterocycles. The van der Waals surface area contributed by atoms with E-state index in [2.05, 4.69) is 26.8 Å². The molecule has 6 aliphatic rings. The van der Waals surface area contributed by atoms with Crippen molar-refractivity contribution in [2.45, 2.75) is 136 Å². The van der Waals surface area contributed by atoms with Gasteiger partial charge in [-0.15, -0.1) is 0 Å². The van der Waals surface area contributed by atoms with Crippen molar-refractivity contribution in [1.29, 1.82) is 0 Å². The Labute approximate surface area is 284 Å². The van der Waals surface area contributed by atoms with Gasteiger partial charge in [0.2, 0.25) is 6.29 Å². The summed E-state index contributed by atoms with van der Waals surface area (Å²) < 4.78 is 11.4. The first-order valence-electron chi connectivity index (χ1n) is 18.1. The monoisotopic (exact) mass is 680 g/mol. The van der Waals surface area contributed by atoms with E-state index in [4.69, 9.17) is 9.47 Å². The van der Waals surface area contributed by atoms with Crippen LogP contribution < -0.4 is 0 Å². The third-order valence-corrected chi connectivity index (χ3v) is 15.9. The number of esters is 1. The Morgan fingerprint density at radius 2 is 1.52 bits per heavy atom. The van der Waals surface area contributed by atoms with Crippen molar-refractivity contribution in [2.75, 3.05) is 19.8 Å². The number of hydrogen-bond donors (Lipinski definition) is 8. The van der Waals surface area contributed by atoms with Crippen LogP contribution in [0, 0.1) is 56.2 Å². The fourth-order valence-corrected chi connectivity index (χ4v) is 12.6. The van der Waals surface area contributed by atoms with E-state index in [-0.39, 0.29) is 35.9 Å². The third-order valence-electron chi connectivity index (χ3n) is 15.9. The normalized spacial score (nSPS) is 54.5. The van der Waals surface area contributed by atoms with Crippen LogP contribution in [0.25, 0.3) is 0 Å². The molecule has 6 rings (SSSR count). The summed E-state index contributed by atoms with van der Waals surface area (Å²) >= 11 is 0. The van der Waals surface area contributed by atoms with E-state index in [1.807, 2.05) is 20.8 Å². The van der Waals surface area contributed by atoms with Gasteiger partial charge in [-0.25, -0.2) is 0 Å². The fourth-order valence-electron chi connectivity index (χ4n) is 12.6. The first kappa shape index (κ1) is 36.6. The van der Waals surface area contributed by atoms with E-state index in [1.54, 1.807) is 0 Å². The lowest BCUT2D eigenvalue weighted by atomic mass is 9.32. The highest BCUT2D eigenvalue weighted by Gasteiger charge is 2.72. The molecule has 0 radical (unpaired) electrons. The maximum absolute atomic E-state index is 14.5. The number of fused-ring (bicyclic) bond motifs is 7. The molecule has 0 aromatic heterocycles. The van der Waals surface area contributed by atoms with Gasteiger partial charge in [-0.05, 0) is 84.9 Å². The maximum Gasteiger partial charge on any atom is 0.315 e. The largest absolute Gasteiger partial charge is 0.432 e. The Morgan fingerprint density at radius 3 is 2.15 bits per heavy atom. The molecule has 274 valence electrons. The van der Waals surface area contributed by atoms with Crippen molar-refractivity contribution in [3.05, 3.63) is 11.6 Å². The average Bonchev–Trinajstić information content (AvgIpc) is 3.03. The Bertz CT molecular complexity index is 1290. The molecule has 0 unspecified atom stereocenters. The second-order valence-electron chi connectivity index (χ2n) is 18.2. The van der Waals surface area contributed by atoms with Gasteiger partial charge in [0.25, 0.3) is 0 Å². The molecule has 5 fully saturated rings. The van der Waals surface area contributed by atoms with Crippen molar-refractivity contribution < 1.29 is 55.1 Å². The van der Waals surface area contributed by atoms with Gasteiger partial charge in [0.05, 0.1) is 24.2 Å². The van der Waals surface area contributed by atoms with Crippen LogP contribution in [0.2, 0.25) is 0 Å². The average molecular weight is 681 g/mol. The Balaban J connectivity index is 1.39. The van der Waals surface area contributed by atoms with E-state index in [9.17, 15) is 45.6 Å². The van der Waals surface area contributed by atoms with Crippen LogP contribution in [-0.2, 0) is 14.3 Å². The van der Waals surface area contributed by atoms with Crippen molar-refractivity contribution in [3.8, 4) is 0 Å². The zero-order valence-corrected chi connectivity index (χ0v) is 29.5. The molecule has 11 nitrogen and oxygen atoms in total.